The summed E-state index contributed by atoms with van der Waals surface area (Å²) in [5.41, 5.74) is 7.30. The number of hydrogen-bond acceptors (Lipinski definition) is 4. The number of nitrogens with zero attached hydrogens (tertiary/aromatic N) is 1. The molecule has 130 valence electrons. The van der Waals surface area contributed by atoms with E-state index in [9.17, 15) is 9.59 Å². The van der Waals surface area contributed by atoms with Crippen molar-refractivity contribution in [1.29, 1.82) is 0 Å². The van der Waals surface area contributed by atoms with Crippen molar-refractivity contribution in [1.82, 2.24) is 4.90 Å². The first-order valence-electron chi connectivity index (χ1n) is 8.18. The van der Waals surface area contributed by atoms with Gasteiger partial charge in [0.25, 0.3) is 0 Å². The van der Waals surface area contributed by atoms with Crippen LogP contribution < -0.4 is 10.5 Å². The first kappa shape index (κ1) is 16.6. The molecule has 6 nitrogen and oxygen atoms in total. The second-order valence-corrected chi connectivity index (χ2v) is 7.80. The number of carbonyl (C=O) groups excluding carboxylic acids is 2. The number of amides is 2. The second-order valence-electron chi connectivity index (χ2n) is 7.80. The zero-order valence-corrected chi connectivity index (χ0v) is 14.5. The lowest BCUT2D eigenvalue weighted by atomic mass is 9.97. The van der Waals surface area contributed by atoms with Crippen molar-refractivity contribution in [2.24, 2.45) is 17.1 Å². The summed E-state index contributed by atoms with van der Waals surface area (Å²) in [4.78, 5) is 26.0. The molecule has 6 heteroatoms. The molecule has 3 atom stereocenters. The fourth-order valence-electron chi connectivity index (χ4n) is 3.32. The molecule has 1 saturated heterocycles. The fourth-order valence-corrected chi connectivity index (χ4v) is 3.32. The zero-order chi connectivity index (χ0) is 17.6. The molecule has 2 aliphatic rings. The lowest BCUT2D eigenvalue weighted by Gasteiger charge is -2.25. The monoisotopic (exact) mass is 332 g/mol. The van der Waals surface area contributed by atoms with E-state index in [0.29, 0.717) is 6.61 Å². The molecule has 2 N–H and O–H groups in total. The van der Waals surface area contributed by atoms with Crippen molar-refractivity contribution in [2.75, 3.05) is 13.2 Å². The van der Waals surface area contributed by atoms with Gasteiger partial charge in [0, 0.05) is 12.1 Å². The Bertz CT molecular complexity index is 680. The van der Waals surface area contributed by atoms with Crippen molar-refractivity contribution in [3.05, 3.63) is 29.3 Å². The van der Waals surface area contributed by atoms with Crippen LogP contribution in [0.1, 0.15) is 37.9 Å². The molecule has 1 aromatic carbocycles. The molecule has 0 aromatic heterocycles. The van der Waals surface area contributed by atoms with E-state index in [4.69, 9.17) is 15.2 Å². The van der Waals surface area contributed by atoms with Gasteiger partial charge in [0.2, 0.25) is 5.91 Å². The standard InChI is InChI=1S/C18H24N2O4/c1-10-6-5-7-11-13-15(24-14(10)11)12(16(19)21)8-20(13)17(22)23-9-18(2,3)4/h5-7,12-13,15H,8-9H2,1-4H3,(H2,19,21)/t12-,13+,15+/m1/s1. The van der Waals surface area contributed by atoms with E-state index in [1.807, 2.05) is 45.9 Å². The van der Waals surface area contributed by atoms with Crippen molar-refractivity contribution in [3.63, 3.8) is 0 Å². The molecule has 2 aliphatic heterocycles. The molecule has 0 bridgehead atoms. The number of primary amides is 1. The quantitative estimate of drug-likeness (QED) is 0.901. The molecular weight excluding hydrogens is 308 g/mol. The summed E-state index contributed by atoms with van der Waals surface area (Å²) in [5, 5.41) is 0. The Morgan fingerprint density at radius 1 is 1.38 bits per heavy atom. The van der Waals surface area contributed by atoms with Crippen molar-refractivity contribution in [3.8, 4) is 5.75 Å². The van der Waals surface area contributed by atoms with Crippen LogP contribution >= 0.6 is 0 Å². The number of benzene rings is 1. The molecule has 24 heavy (non-hydrogen) atoms. The first-order valence-corrected chi connectivity index (χ1v) is 8.18. The summed E-state index contributed by atoms with van der Waals surface area (Å²) >= 11 is 0. The van der Waals surface area contributed by atoms with Gasteiger partial charge in [0.15, 0.2) is 0 Å². The SMILES string of the molecule is Cc1cccc2c1O[C@H]1[C@H](C(N)=O)CN(C(=O)OCC(C)(C)C)[C@@H]21. The van der Waals surface area contributed by atoms with Gasteiger partial charge in [-0.15, -0.1) is 0 Å². The summed E-state index contributed by atoms with van der Waals surface area (Å²) in [6, 6.07) is 5.47. The smallest absolute Gasteiger partial charge is 0.410 e. The van der Waals surface area contributed by atoms with Crippen LogP contribution in [-0.4, -0.2) is 36.2 Å². The third-order valence-electron chi connectivity index (χ3n) is 4.48. The summed E-state index contributed by atoms with van der Waals surface area (Å²) in [6.07, 6.45) is -0.873. The van der Waals surface area contributed by atoms with Gasteiger partial charge in [-0.3, -0.25) is 9.69 Å². The van der Waals surface area contributed by atoms with Crippen LogP contribution in [0.15, 0.2) is 18.2 Å². The lowest BCUT2D eigenvalue weighted by molar-refractivity contribution is -0.123. The number of hydrogen-bond donors (Lipinski definition) is 1. The van der Waals surface area contributed by atoms with E-state index >= 15 is 0 Å². The Hall–Kier alpha value is -2.24. The Balaban J connectivity index is 1.90. The Kier molecular flexibility index (Phi) is 3.94. The van der Waals surface area contributed by atoms with Crippen molar-refractivity contribution < 1.29 is 19.1 Å². The van der Waals surface area contributed by atoms with Crippen molar-refractivity contribution in [2.45, 2.75) is 39.8 Å². The maximum absolute atomic E-state index is 12.6. The molecule has 0 unspecified atom stereocenters. The van der Waals surface area contributed by atoms with E-state index < -0.39 is 24.0 Å². The first-order chi connectivity index (χ1) is 11.2. The molecule has 0 spiro atoms. The number of aryl methyl sites for hydroxylation is 1. The Labute approximate surface area is 141 Å². The van der Waals surface area contributed by atoms with Crippen LogP contribution in [0.4, 0.5) is 4.79 Å². The third kappa shape index (κ3) is 2.81. The van der Waals surface area contributed by atoms with Crippen LogP contribution in [-0.2, 0) is 9.53 Å². The minimum absolute atomic E-state index is 0.126. The van der Waals surface area contributed by atoms with Gasteiger partial charge in [-0.25, -0.2) is 4.79 Å². The molecule has 0 aliphatic carbocycles. The average molecular weight is 332 g/mol. The normalized spacial score (nSPS) is 25.0. The highest BCUT2D eigenvalue weighted by Crippen LogP contribution is 2.48. The number of ether oxygens (including phenoxy) is 2. The molecule has 2 amide bonds. The van der Waals surface area contributed by atoms with Crippen LogP contribution in [0.5, 0.6) is 5.75 Å². The van der Waals surface area contributed by atoms with Crippen LogP contribution in [0.3, 0.4) is 0 Å². The van der Waals surface area contributed by atoms with E-state index in [-0.39, 0.29) is 18.0 Å². The highest BCUT2D eigenvalue weighted by molar-refractivity contribution is 5.81. The molecule has 1 fully saturated rings. The second kappa shape index (κ2) is 5.69. The van der Waals surface area contributed by atoms with Gasteiger partial charge in [-0.05, 0) is 17.9 Å². The minimum Gasteiger partial charge on any atom is -0.486 e. The number of fused-ring (bicyclic) bond motifs is 3. The Morgan fingerprint density at radius 2 is 2.08 bits per heavy atom. The number of nitrogens with two attached hydrogens (primary N) is 1. The van der Waals surface area contributed by atoms with Crippen LogP contribution in [0, 0.1) is 18.3 Å². The zero-order valence-electron chi connectivity index (χ0n) is 14.5. The van der Waals surface area contributed by atoms with E-state index in [1.54, 1.807) is 4.90 Å². The van der Waals surface area contributed by atoms with E-state index in [1.165, 1.54) is 0 Å². The minimum atomic E-state index is -0.538. The summed E-state index contributed by atoms with van der Waals surface area (Å²) in [5.74, 6) is -0.252. The summed E-state index contributed by atoms with van der Waals surface area (Å²) < 4.78 is 11.5. The fraction of sp³-hybridized carbons (Fsp3) is 0.556. The highest BCUT2D eigenvalue weighted by atomic mass is 16.6. The molecule has 1 aromatic rings. The van der Waals surface area contributed by atoms with E-state index in [2.05, 4.69) is 0 Å². The Morgan fingerprint density at radius 3 is 2.71 bits per heavy atom. The highest BCUT2D eigenvalue weighted by Gasteiger charge is 2.54. The van der Waals surface area contributed by atoms with Gasteiger partial charge in [-0.1, -0.05) is 39.0 Å². The third-order valence-corrected chi connectivity index (χ3v) is 4.48. The molecular formula is C18H24N2O4. The van der Waals surface area contributed by atoms with Gasteiger partial charge in [0.1, 0.15) is 17.9 Å². The van der Waals surface area contributed by atoms with Gasteiger partial charge < -0.3 is 15.2 Å². The maximum atomic E-state index is 12.6. The molecule has 2 heterocycles. The molecule has 0 saturated carbocycles. The summed E-state index contributed by atoms with van der Waals surface area (Å²) in [7, 11) is 0. The maximum Gasteiger partial charge on any atom is 0.410 e. The predicted octanol–water partition coefficient (Wildman–Crippen LogP) is 2.40. The van der Waals surface area contributed by atoms with Gasteiger partial charge in [0.05, 0.1) is 12.5 Å². The summed E-state index contributed by atoms with van der Waals surface area (Å²) in [6.45, 7) is 8.47. The number of rotatable bonds is 2. The van der Waals surface area contributed by atoms with Crippen LogP contribution in [0.2, 0.25) is 0 Å². The number of para-hydroxylation sites is 1. The predicted molar refractivity (Wildman–Crippen MR) is 88.5 cm³/mol. The molecule has 3 rings (SSSR count). The topological polar surface area (TPSA) is 81.9 Å². The van der Waals surface area contributed by atoms with E-state index in [0.717, 1.165) is 16.9 Å². The average Bonchev–Trinajstić information content (AvgIpc) is 3.02. The van der Waals surface area contributed by atoms with Gasteiger partial charge >= 0.3 is 6.09 Å². The number of likely N-dealkylation sites (tertiary alicyclic amines) is 1. The largest absolute Gasteiger partial charge is 0.486 e. The number of carbonyl (C=O) groups is 2. The lowest BCUT2D eigenvalue weighted by Crippen LogP contribution is -2.35. The van der Waals surface area contributed by atoms with Crippen LogP contribution in [0.25, 0.3) is 0 Å². The van der Waals surface area contributed by atoms with Crippen molar-refractivity contribution >= 4 is 12.0 Å². The molecule has 0 radical (unpaired) electrons. The van der Waals surface area contributed by atoms with Gasteiger partial charge in [-0.2, -0.15) is 0 Å².